The van der Waals surface area contributed by atoms with Gasteiger partial charge in [0, 0.05) is 31.3 Å². The predicted octanol–water partition coefficient (Wildman–Crippen LogP) is 1.93. The van der Waals surface area contributed by atoms with E-state index in [2.05, 4.69) is 10.3 Å². The van der Waals surface area contributed by atoms with Crippen LogP contribution >= 0.6 is 11.3 Å². The molecule has 3 aromatic rings. The topological polar surface area (TPSA) is 157 Å². The summed E-state index contributed by atoms with van der Waals surface area (Å²) in [6, 6.07) is 11.6. The number of thiazole rings is 1. The molecule has 0 spiro atoms. The van der Waals surface area contributed by atoms with E-state index in [9.17, 15) is 35.2 Å². The highest BCUT2D eigenvalue weighted by molar-refractivity contribution is 7.91. The number of hydrogen-bond donors (Lipinski definition) is 2. The Morgan fingerprint density at radius 3 is 2.37 bits per heavy atom. The largest absolute Gasteiger partial charge is 0.354 e. The fraction of sp³-hybridized carbons (Fsp3) is 0.348. The summed E-state index contributed by atoms with van der Waals surface area (Å²) in [6.07, 6.45) is 0.533. The predicted molar refractivity (Wildman–Crippen MR) is 139 cm³/mol. The van der Waals surface area contributed by atoms with Gasteiger partial charge in [0.1, 0.15) is 5.01 Å². The van der Waals surface area contributed by atoms with Crippen molar-refractivity contribution in [2.45, 2.75) is 17.6 Å². The summed E-state index contributed by atoms with van der Waals surface area (Å²) in [5, 5.41) is 5.59. The van der Waals surface area contributed by atoms with E-state index in [1.165, 1.54) is 0 Å². The Hall–Kier alpha value is -3.01. The van der Waals surface area contributed by atoms with E-state index < -0.39 is 55.1 Å². The summed E-state index contributed by atoms with van der Waals surface area (Å²) < 4.78 is 74.5. The van der Waals surface area contributed by atoms with Crippen molar-refractivity contribution in [3.8, 4) is 11.1 Å². The first-order valence-corrected chi connectivity index (χ1v) is 15.8. The third-order valence-electron chi connectivity index (χ3n) is 5.90. The maximum absolute atomic E-state index is 13.5. The van der Waals surface area contributed by atoms with Crippen LogP contribution in [0.4, 0.5) is 8.78 Å². The zero-order valence-corrected chi connectivity index (χ0v) is 22.5. The van der Waals surface area contributed by atoms with Gasteiger partial charge in [-0.3, -0.25) is 9.59 Å². The van der Waals surface area contributed by atoms with Crippen LogP contribution in [0.1, 0.15) is 27.0 Å². The second-order valence-electron chi connectivity index (χ2n) is 9.01. The smallest absolute Gasteiger partial charge is 0.267 e. The van der Waals surface area contributed by atoms with E-state index in [4.69, 9.17) is 5.14 Å². The van der Waals surface area contributed by atoms with E-state index in [0.29, 0.717) is 10.2 Å². The van der Waals surface area contributed by atoms with E-state index in [1.807, 2.05) is 0 Å². The number of alkyl halides is 2. The molecule has 2 aromatic carbocycles. The van der Waals surface area contributed by atoms with Gasteiger partial charge < -0.3 is 10.2 Å². The number of nitrogens with one attached hydrogen (secondary N) is 1. The average Bonchev–Trinajstić information content (AvgIpc) is 3.38. The van der Waals surface area contributed by atoms with E-state index in [1.54, 1.807) is 42.5 Å². The van der Waals surface area contributed by atoms with Crippen LogP contribution in [-0.4, -0.2) is 76.1 Å². The maximum atomic E-state index is 13.5. The highest BCUT2D eigenvalue weighted by Crippen LogP contribution is 2.34. The normalized spacial score (nSPS) is 16.5. The van der Waals surface area contributed by atoms with Gasteiger partial charge in [-0.05, 0) is 35.4 Å². The molecular formula is C23H24F2N4O6S3. The third-order valence-corrected chi connectivity index (χ3v) is 9.20. The quantitative estimate of drug-likeness (QED) is 0.408. The van der Waals surface area contributed by atoms with E-state index in [0.717, 1.165) is 33.6 Å². The lowest BCUT2D eigenvalue weighted by atomic mass is 10.0. The Labute approximate surface area is 221 Å². The fourth-order valence-corrected chi connectivity index (χ4v) is 6.96. The van der Waals surface area contributed by atoms with Crippen LogP contribution in [0.15, 0.2) is 42.5 Å². The number of hydrogen-bond acceptors (Lipinski definition) is 8. The molecule has 0 radical (unpaired) electrons. The summed E-state index contributed by atoms with van der Waals surface area (Å²) in [5.74, 6) is -4.80. The lowest BCUT2D eigenvalue weighted by Crippen LogP contribution is -2.37. The summed E-state index contributed by atoms with van der Waals surface area (Å²) in [7, 11) is -7.79. The molecule has 3 N–H and O–H groups in total. The molecular weight excluding hydrogens is 562 g/mol. The van der Waals surface area contributed by atoms with Gasteiger partial charge in [0.05, 0.1) is 22.5 Å². The first-order chi connectivity index (χ1) is 17.6. The number of rotatable bonds is 8. The Morgan fingerprint density at radius 1 is 1.13 bits per heavy atom. The van der Waals surface area contributed by atoms with Gasteiger partial charge in [0.2, 0.25) is 15.9 Å². The molecule has 4 rings (SSSR count). The number of sulfone groups is 1. The van der Waals surface area contributed by atoms with Crippen molar-refractivity contribution < 1.29 is 35.2 Å². The third kappa shape index (κ3) is 6.51. The molecule has 0 saturated carbocycles. The van der Waals surface area contributed by atoms with Crippen LogP contribution in [0.5, 0.6) is 0 Å². The number of halogens is 2. The van der Waals surface area contributed by atoms with Gasteiger partial charge in [0.25, 0.3) is 11.8 Å². The van der Waals surface area contributed by atoms with Crippen LogP contribution in [0.25, 0.3) is 21.3 Å². The molecule has 1 atom stereocenters. The van der Waals surface area contributed by atoms with Crippen molar-refractivity contribution in [2.24, 2.45) is 5.14 Å². The van der Waals surface area contributed by atoms with Crippen LogP contribution in [-0.2, 0) is 24.7 Å². The van der Waals surface area contributed by atoms with Gasteiger partial charge in [-0.1, -0.05) is 18.2 Å². The van der Waals surface area contributed by atoms with Crippen molar-refractivity contribution in [1.82, 2.24) is 15.2 Å². The molecule has 1 unspecified atom stereocenters. The Bertz CT molecular complexity index is 1610. The van der Waals surface area contributed by atoms with Crippen molar-refractivity contribution in [1.29, 1.82) is 0 Å². The number of likely N-dealkylation sites (tertiary alicyclic amines) is 1. The Balaban J connectivity index is 1.55. The molecule has 10 nitrogen and oxygen atoms in total. The molecule has 204 valence electrons. The van der Waals surface area contributed by atoms with Gasteiger partial charge in [-0.25, -0.2) is 35.7 Å². The monoisotopic (exact) mass is 586 g/mol. The summed E-state index contributed by atoms with van der Waals surface area (Å²) in [6.45, 7) is -0.954. The Morgan fingerprint density at radius 2 is 1.79 bits per heavy atom. The minimum atomic E-state index is -3.95. The highest BCUT2D eigenvalue weighted by atomic mass is 32.2. The zero-order chi connectivity index (χ0) is 27.9. The minimum Gasteiger partial charge on any atom is -0.354 e. The maximum Gasteiger partial charge on any atom is 0.267 e. The number of aromatic nitrogens is 1. The number of amides is 2. The number of nitrogens with zero attached hydrogens (tertiary/aromatic N) is 2. The summed E-state index contributed by atoms with van der Waals surface area (Å²) >= 11 is 1.01. The molecule has 1 saturated heterocycles. The summed E-state index contributed by atoms with van der Waals surface area (Å²) in [4.78, 5) is 30.6. The van der Waals surface area contributed by atoms with E-state index >= 15 is 0 Å². The number of fused-ring (bicyclic) bond motifs is 1. The van der Waals surface area contributed by atoms with Crippen molar-refractivity contribution in [2.75, 3.05) is 31.6 Å². The summed E-state index contributed by atoms with van der Waals surface area (Å²) in [5.41, 5.74) is 2.21. The number of nitrogens with two attached hydrogens (primary N) is 1. The van der Waals surface area contributed by atoms with Crippen LogP contribution in [0.3, 0.4) is 0 Å². The van der Waals surface area contributed by atoms with Crippen molar-refractivity contribution >= 4 is 53.2 Å². The van der Waals surface area contributed by atoms with Gasteiger partial charge in [-0.15, -0.1) is 11.3 Å². The Kier molecular flexibility index (Phi) is 7.58. The first-order valence-electron chi connectivity index (χ1n) is 11.3. The molecule has 38 heavy (non-hydrogen) atoms. The number of carbonyl (C=O) groups is 2. The molecule has 15 heteroatoms. The van der Waals surface area contributed by atoms with Crippen LogP contribution < -0.4 is 10.5 Å². The molecule has 0 aliphatic carbocycles. The SMILES string of the molecule is CS(=O)(=O)C(C(=O)NCCS(N)(=O)=O)c1nc2ccc(-c3ccc(C(=O)N4CCC(F)(F)C4)cc3)cc2s1. The molecule has 1 aliphatic rings. The number of primary sulfonamides is 1. The highest BCUT2D eigenvalue weighted by Gasteiger charge is 2.40. The van der Waals surface area contributed by atoms with E-state index in [-0.39, 0.29) is 30.1 Å². The number of benzene rings is 2. The molecule has 1 aromatic heterocycles. The standard InChI is InChI=1S/C23H24F2N4O6S3/c1-37(32,33)19(20(30)27-9-11-38(26,34)35)21-28-17-7-6-16(12-18(17)36-21)14-2-4-15(5-3-14)22(31)29-10-8-23(24,25)13-29/h2-7,12,19H,8-11,13H2,1H3,(H,27,30)(H2,26,34,35). The van der Waals surface area contributed by atoms with Crippen LogP contribution in [0, 0.1) is 0 Å². The molecule has 1 aliphatic heterocycles. The van der Waals surface area contributed by atoms with Gasteiger partial charge in [0.15, 0.2) is 15.1 Å². The van der Waals surface area contributed by atoms with Crippen molar-refractivity contribution in [3.63, 3.8) is 0 Å². The zero-order valence-electron chi connectivity index (χ0n) is 20.1. The van der Waals surface area contributed by atoms with Crippen molar-refractivity contribution in [3.05, 3.63) is 53.0 Å². The number of carbonyl (C=O) groups excluding carboxylic acids is 2. The molecule has 2 heterocycles. The molecule has 0 bridgehead atoms. The lowest BCUT2D eigenvalue weighted by Gasteiger charge is -2.16. The second-order valence-corrected chi connectivity index (χ2v) is 13.9. The second kappa shape index (κ2) is 10.3. The lowest BCUT2D eigenvalue weighted by molar-refractivity contribution is -0.120. The average molecular weight is 587 g/mol. The van der Waals surface area contributed by atoms with Gasteiger partial charge >= 0.3 is 0 Å². The van der Waals surface area contributed by atoms with Gasteiger partial charge in [-0.2, -0.15) is 0 Å². The fourth-order valence-electron chi connectivity index (χ4n) is 4.03. The first kappa shape index (κ1) is 28.0. The van der Waals surface area contributed by atoms with Crippen LogP contribution in [0.2, 0.25) is 0 Å². The number of sulfonamides is 1. The minimum absolute atomic E-state index is 0.00339. The molecule has 2 amide bonds. The molecule has 1 fully saturated rings.